The first-order valence-corrected chi connectivity index (χ1v) is 12.0. The van der Waals surface area contributed by atoms with Gasteiger partial charge < -0.3 is 25.1 Å². The van der Waals surface area contributed by atoms with E-state index in [2.05, 4.69) is 0 Å². The SMILES string of the molecule is CCCC(C)C(=O)O[C@@H](C)CC(N)(Cc1ccc(OC(=O)C(C)C)c(OC(=O)C(C)C)c1)C(=O)O. The zero-order valence-electron chi connectivity index (χ0n) is 21.8. The Bertz CT molecular complexity index is 911. The number of hydrogen-bond acceptors (Lipinski definition) is 8. The van der Waals surface area contributed by atoms with Gasteiger partial charge in [0.1, 0.15) is 11.6 Å². The van der Waals surface area contributed by atoms with E-state index in [1.165, 1.54) is 12.1 Å². The van der Waals surface area contributed by atoms with Crippen LogP contribution in [-0.4, -0.2) is 40.6 Å². The minimum atomic E-state index is -1.76. The maximum atomic E-state index is 12.2. The van der Waals surface area contributed by atoms with Crippen molar-refractivity contribution in [1.29, 1.82) is 0 Å². The van der Waals surface area contributed by atoms with Crippen molar-refractivity contribution < 1.29 is 38.5 Å². The Balaban J connectivity index is 3.17. The highest BCUT2D eigenvalue weighted by molar-refractivity contribution is 5.80. The van der Waals surface area contributed by atoms with E-state index in [0.717, 1.165) is 6.42 Å². The van der Waals surface area contributed by atoms with Gasteiger partial charge >= 0.3 is 23.9 Å². The summed E-state index contributed by atoms with van der Waals surface area (Å²) in [6, 6.07) is 4.44. The molecule has 0 aliphatic carbocycles. The number of nitrogens with two attached hydrogens (primary N) is 1. The van der Waals surface area contributed by atoms with E-state index in [1.54, 1.807) is 47.6 Å². The molecule has 35 heavy (non-hydrogen) atoms. The lowest BCUT2D eigenvalue weighted by atomic mass is 9.86. The molecule has 0 saturated carbocycles. The molecule has 0 aliphatic heterocycles. The topological polar surface area (TPSA) is 142 Å². The van der Waals surface area contributed by atoms with Crippen LogP contribution in [0.5, 0.6) is 11.5 Å². The Morgan fingerprint density at radius 2 is 1.46 bits per heavy atom. The maximum absolute atomic E-state index is 12.2. The Labute approximate surface area is 207 Å². The number of carboxylic acids is 1. The fraction of sp³-hybridized carbons (Fsp3) is 0.615. The van der Waals surface area contributed by atoms with E-state index in [4.69, 9.17) is 19.9 Å². The summed E-state index contributed by atoms with van der Waals surface area (Å²) in [6.45, 7) is 12.0. The van der Waals surface area contributed by atoms with E-state index < -0.39 is 47.4 Å². The third-order valence-corrected chi connectivity index (χ3v) is 5.41. The molecule has 1 rings (SSSR count). The molecule has 1 aromatic rings. The first-order chi connectivity index (χ1) is 16.2. The first kappa shape index (κ1) is 30.1. The average molecular weight is 494 g/mol. The van der Waals surface area contributed by atoms with Gasteiger partial charge in [-0.2, -0.15) is 0 Å². The molecular weight excluding hydrogens is 454 g/mol. The lowest BCUT2D eigenvalue weighted by molar-refractivity contribution is -0.156. The van der Waals surface area contributed by atoms with Crippen molar-refractivity contribution in [2.45, 2.75) is 85.8 Å². The van der Waals surface area contributed by atoms with Crippen molar-refractivity contribution in [3.8, 4) is 11.5 Å². The number of hydrogen-bond donors (Lipinski definition) is 2. The van der Waals surface area contributed by atoms with Gasteiger partial charge in [0.05, 0.1) is 17.8 Å². The molecule has 3 atom stereocenters. The van der Waals surface area contributed by atoms with Crippen LogP contribution in [0.2, 0.25) is 0 Å². The molecule has 0 heterocycles. The monoisotopic (exact) mass is 493 g/mol. The fourth-order valence-corrected chi connectivity index (χ4v) is 3.30. The quantitative estimate of drug-likeness (QED) is 0.309. The minimum absolute atomic E-state index is 0.00388. The number of carboxylic acid groups (broad SMARTS) is 1. The van der Waals surface area contributed by atoms with Crippen molar-refractivity contribution in [2.24, 2.45) is 23.5 Å². The Kier molecular flexibility index (Phi) is 11.4. The summed E-state index contributed by atoms with van der Waals surface area (Å²) in [6.07, 6.45) is 0.501. The summed E-state index contributed by atoms with van der Waals surface area (Å²) in [5, 5.41) is 9.87. The number of ether oxygens (including phenoxy) is 3. The zero-order chi connectivity index (χ0) is 26.9. The standard InChI is InChI=1S/C26H39NO8/c1-8-9-17(6)24(30)33-18(7)13-26(27,25(31)32)14-19-10-11-20(34-22(28)15(2)3)21(12-19)35-23(29)16(4)5/h10-12,15-18H,8-9,13-14,27H2,1-7H3,(H,31,32)/t17?,18-,26?/m0/s1. The summed E-state index contributed by atoms with van der Waals surface area (Å²) in [5.74, 6) is -3.80. The van der Waals surface area contributed by atoms with Gasteiger partial charge in [-0.3, -0.25) is 19.2 Å². The van der Waals surface area contributed by atoms with Crippen molar-refractivity contribution in [3.05, 3.63) is 23.8 Å². The van der Waals surface area contributed by atoms with Crippen LogP contribution >= 0.6 is 0 Å². The number of carbonyl (C=O) groups is 4. The van der Waals surface area contributed by atoms with Gasteiger partial charge in [-0.05, 0) is 31.0 Å². The van der Waals surface area contributed by atoms with Gasteiger partial charge in [-0.15, -0.1) is 0 Å². The van der Waals surface area contributed by atoms with Crippen molar-refractivity contribution in [2.75, 3.05) is 0 Å². The second kappa shape index (κ2) is 13.2. The van der Waals surface area contributed by atoms with Crippen LogP contribution in [0.25, 0.3) is 0 Å². The molecular formula is C26H39NO8. The molecule has 9 heteroatoms. The number of esters is 3. The molecule has 0 bridgehead atoms. The summed E-state index contributed by atoms with van der Waals surface area (Å²) in [5.41, 5.74) is 4.95. The summed E-state index contributed by atoms with van der Waals surface area (Å²) < 4.78 is 16.2. The first-order valence-electron chi connectivity index (χ1n) is 12.0. The molecule has 0 saturated heterocycles. The zero-order valence-corrected chi connectivity index (χ0v) is 21.8. The van der Waals surface area contributed by atoms with E-state index in [0.29, 0.717) is 12.0 Å². The van der Waals surface area contributed by atoms with Gasteiger partial charge in [0.25, 0.3) is 0 Å². The summed E-state index contributed by atoms with van der Waals surface area (Å²) in [7, 11) is 0. The number of benzene rings is 1. The molecule has 0 aromatic heterocycles. The Hall–Kier alpha value is -2.94. The van der Waals surface area contributed by atoms with Crippen LogP contribution in [0.3, 0.4) is 0 Å². The van der Waals surface area contributed by atoms with Gasteiger partial charge in [-0.1, -0.05) is 54.0 Å². The second-order valence-corrected chi connectivity index (χ2v) is 9.71. The van der Waals surface area contributed by atoms with Crippen LogP contribution in [0, 0.1) is 17.8 Å². The van der Waals surface area contributed by atoms with Crippen LogP contribution in [0.15, 0.2) is 18.2 Å². The van der Waals surface area contributed by atoms with Crippen LogP contribution < -0.4 is 15.2 Å². The number of rotatable bonds is 13. The Morgan fingerprint density at radius 1 is 0.914 bits per heavy atom. The van der Waals surface area contributed by atoms with Crippen LogP contribution in [0.4, 0.5) is 0 Å². The van der Waals surface area contributed by atoms with Gasteiger partial charge in [0, 0.05) is 12.8 Å². The lowest BCUT2D eigenvalue weighted by Crippen LogP contribution is -2.52. The predicted octanol–water partition coefficient (Wildman–Crippen LogP) is 3.89. The molecule has 9 nitrogen and oxygen atoms in total. The molecule has 3 N–H and O–H groups in total. The molecule has 0 aliphatic rings. The third-order valence-electron chi connectivity index (χ3n) is 5.41. The van der Waals surface area contributed by atoms with Crippen molar-refractivity contribution in [1.82, 2.24) is 0 Å². The van der Waals surface area contributed by atoms with Gasteiger partial charge in [0.2, 0.25) is 0 Å². The highest BCUT2D eigenvalue weighted by atomic mass is 16.6. The molecule has 196 valence electrons. The molecule has 0 radical (unpaired) electrons. The summed E-state index contributed by atoms with van der Waals surface area (Å²) >= 11 is 0. The smallest absolute Gasteiger partial charge is 0.324 e. The molecule has 0 spiro atoms. The highest BCUT2D eigenvalue weighted by Crippen LogP contribution is 2.32. The summed E-state index contributed by atoms with van der Waals surface area (Å²) in [4.78, 5) is 48.6. The van der Waals surface area contributed by atoms with Gasteiger partial charge in [-0.25, -0.2) is 0 Å². The molecule has 2 unspecified atom stereocenters. The number of aliphatic carboxylic acids is 1. The van der Waals surface area contributed by atoms with E-state index in [-0.39, 0.29) is 30.3 Å². The lowest BCUT2D eigenvalue weighted by Gasteiger charge is -2.28. The van der Waals surface area contributed by atoms with Crippen LogP contribution in [0.1, 0.15) is 73.3 Å². The van der Waals surface area contributed by atoms with E-state index >= 15 is 0 Å². The third kappa shape index (κ3) is 9.32. The normalized spacial score (nSPS) is 14.7. The largest absolute Gasteiger partial charge is 0.480 e. The Morgan fingerprint density at radius 3 is 1.94 bits per heavy atom. The highest BCUT2D eigenvalue weighted by Gasteiger charge is 2.37. The fourth-order valence-electron chi connectivity index (χ4n) is 3.30. The predicted molar refractivity (Wildman–Crippen MR) is 130 cm³/mol. The van der Waals surface area contributed by atoms with E-state index in [9.17, 15) is 24.3 Å². The van der Waals surface area contributed by atoms with Gasteiger partial charge in [0.15, 0.2) is 11.5 Å². The van der Waals surface area contributed by atoms with Crippen molar-refractivity contribution in [3.63, 3.8) is 0 Å². The maximum Gasteiger partial charge on any atom is 0.324 e. The number of carbonyl (C=O) groups excluding carboxylic acids is 3. The minimum Gasteiger partial charge on any atom is -0.480 e. The second-order valence-electron chi connectivity index (χ2n) is 9.71. The average Bonchev–Trinajstić information content (AvgIpc) is 2.74. The molecule has 1 aromatic carbocycles. The van der Waals surface area contributed by atoms with Crippen molar-refractivity contribution >= 4 is 23.9 Å². The molecule has 0 fully saturated rings. The molecule has 0 amide bonds. The van der Waals surface area contributed by atoms with Crippen LogP contribution in [-0.2, 0) is 30.3 Å². The van der Waals surface area contributed by atoms with E-state index in [1.807, 2.05) is 6.92 Å².